The zero-order valence-electron chi connectivity index (χ0n) is 32.1. The third-order valence-electron chi connectivity index (χ3n) is 9.27. The number of nitrogens with one attached hydrogen (secondary N) is 1. The molecule has 3 fully saturated rings. The van der Waals surface area contributed by atoms with Crippen LogP contribution in [-0.4, -0.2) is 67.3 Å². The van der Waals surface area contributed by atoms with E-state index in [1.54, 1.807) is 81.7 Å². The summed E-state index contributed by atoms with van der Waals surface area (Å²) in [6.07, 6.45) is 5.93. The van der Waals surface area contributed by atoms with Gasteiger partial charge in [-0.25, -0.2) is 31.6 Å². The number of amides is 1. The first-order chi connectivity index (χ1) is 25.6. The van der Waals surface area contributed by atoms with Gasteiger partial charge in [-0.3, -0.25) is 5.32 Å². The van der Waals surface area contributed by atoms with Crippen molar-refractivity contribution in [2.24, 2.45) is 0 Å². The van der Waals surface area contributed by atoms with E-state index < -0.39 is 49.7 Å². The lowest BCUT2D eigenvalue weighted by Gasteiger charge is -2.32. The van der Waals surface area contributed by atoms with Crippen LogP contribution in [0, 0.1) is 0 Å². The lowest BCUT2D eigenvalue weighted by Crippen LogP contribution is -2.41. The number of anilines is 2. The van der Waals surface area contributed by atoms with E-state index in [9.17, 15) is 21.6 Å². The Morgan fingerprint density at radius 1 is 0.800 bits per heavy atom. The highest BCUT2D eigenvalue weighted by Crippen LogP contribution is 2.37. The molecule has 12 nitrogen and oxygen atoms in total. The quantitative estimate of drug-likeness (QED) is 0.177. The van der Waals surface area contributed by atoms with Gasteiger partial charge >= 0.3 is 13.2 Å². The van der Waals surface area contributed by atoms with Crippen molar-refractivity contribution in [1.29, 1.82) is 0 Å². The van der Waals surface area contributed by atoms with Crippen LogP contribution in [0.2, 0.25) is 0 Å². The molecule has 55 heavy (non-hydrogen) atoms. The number of halogens is 1. The molecular weight excluding hydrogens is 807 g/mol. The van der Waals surface area contributed by atoms with Crippen LogP contribution in [-0.2, 0) is 33.7 Å². The van der Waals surface area contributed by atoms with E-state index in [4.69, 9.17) is 19.8 Å². The summed E-state index contributed by atoms with van der Waals surface area (Å²) in [5.74, 6) is 0.866. The smallest absolute Gasteiger partial charge is 0.444 e. The van der Waals surface area contributed by atoms with Gasteiger partial charge in [-0.15, -0.1) is 0 Å². The minimum absolute atomic E-state index is 0.123. The molecule has 2 aliphatic carbocycles. The number of nitrogen functional groups attached to an aromatic ring is 1. The molecule has 3 aliphatic rings. The monoisotopic (exact) mass is 854 g/mol. The number of nitrogens with two attached hydrogens (primary N) is 1. The first-order valence-corrected chi connectivity index (χ1v) is 21.8. The summed E-state index contributed by atoms with van der Waals surface area (Å²) in [6.45, 7) is 13.4. The molecule has 294 valence electrons. The molecule has 0 atom stereocenters. The average molecular weight is 856 g/mol. The van der Waals surface area contributed by atoms with E-state index in [0.717, 1.165) is 46.7 Å². The summed E-state index contributed by atoms with van der Waals surface area (Å²) in [5.41, 5.74) is 6.71. The minimum Gasteiger partial charge on any atom is -0.444 e. The van der Waals surface area contributed by atoms with Gasteiger partial charge in [0.15, 0.2) is 19.7 Å². The summed E-state index contributed by atoms with van der Waals surface area (Å²) < 4.78 is 65.8. The number of benzene rings is 2. The lowest BCUT2D eigenvalue weighted by atomic mass is 9.80. The number of ether oxygens (including phenoxy) is 1. The summed E-state index contributed by atoms with van der Waals surface area (Å²) in [5, 5.41) is 2.28. The zero-order chi connectivity index (χ0) is 40.4. The van der Waals surface area contributed by atoms with Crippen LogP contribution in [0.1, 0.15) is 74.1 Å². The van der Waals surface area contributed by atoms with E-state index >= 15 is 0 Å². The standard InChI is InChI=1S/C16H25BN2O4.C14H14N2O2S.C9H9BrO2S/c1-14(2,3)21-13(20)19-12-9-8-11(10-18-12)17-22-15(4,5)16(6,7)23-17;15-14-7-4-11(9-16-14)10-2-1-3-13(8-10)19(17,18)12-5-6-12;10-7-2-1-3-9(6-7)13(11,12)8-4-5-8/h8-10H,1-7H3,(H,18,19,20);1-4,7-9,12H,5-6H2,(H2,15,16);1-3,6,8H,4-5H2. The third kappa shape index (κ3) is 11.2. The fourth-order valence-corrected chi connectivity index (χ4v) is 9.17. The van der Waals surface area contributed by atoms with Crippen LogP contribution in [0.5, 0.6) is 0 Å². The Bertz CT molecular complexity index is 2190. The molecule has 1 saturated heterocycles. The van der Waals surface area contributed by atoms with Gasteiger partial charge in [-0.05, 0) is 128 Å². The van der Waals surface area contributed by atoms with Gasteiger partial charge in [0.05, 0.1) is 31.5 Å². The predicted molar refractivity (Wildman–Crippen MR) is 218 cm³/mol. The van der Waals surface area contributed by atoms with Crippen molar-refractivity contribution >= 4 is 65.9 Å². The summed E-state index contributed by atoms with van der Waals surface area (Å²) in [6, 6.07) is 21.0. The van der Waals surface area contributed by atoms with Gasteiger partial charge in [0.2, 0.25) is 0 Å². The molecule has 3 heterocycles. The highest BCUT2D eigenvalue weighted by Gasteiger charge is 2.51. The Kier molecular flexibility index (Phi) is 12.6. The SMILES string of the molecule is CC(C)(C)OC(=O)Nc1ccc(B2OC(C)(C)C(C)(C)O2)cn1.Nc1ccc(-c2cccc(S(=O)(=O)C3CC3)c2)cn1.O=S(=O)(c1cccc(Br)c1)C1CC1. The van der Waals surface area contributed by atoms with Crippen LogP contribution in [0.25, 0.3) is 11.1 Å². The number of carbonyl (C=O) groups excluding carboxylic acids is 1. The van der Waals surface area contributed by atoms with E-state index in [0.29, 0.717) is 21.4 Å². The maximum absolute atomic E-state index is 12.2. The Balaban J connectivity index is 0.000000164. The average Bonchev–Trinajstić information content (AvgIpc) is 4.02. The van der Waals surface area contributed by atoms with Gasteiger partial charge in [-0.2, -0.15) is 0 Å². The molecule has 0 spiro atoms. The number of nitrogens with zero attached hydrogens (tertiary/aromatic N) is 2. The molecule has 3 N–H and O–H groups in total. The highest BCUT2D eigenvalue weighted by molar-refractivity contribution is 9.10. The second-order valence-electron chi connectivity index (χ2n) is 15.6. The fraction of sp³-hybridized carbons (Fsp3) is 0.410. The second kappa shape index (κ2) is 16.3. The van der Waals surface area contributed by atoms with Crippen LogP contribution >= 0.6 is 15.9 Å². The van der Waals surface area contributed by atoms with E-state index in [1.165, 1.54) is 0 Å². The Morgan fingerprint density at radius 2 is 1.36 bits per heavy atom. The first-order valence-electron chi connectivity index (χ1n) is 17.9. The predicted octanol–water partition coefficient (Wildman–Crippen LogP) is 7.38. The van der Waals surface area contributed by atoms with Crippen LogP contribution in [0.3, 0.4) is 0 Å². The summed E-state index contributed by atoms with van der Waals surface area (Å²) >= 11 is 3.26. The van der Waals surface area contributed by atoms with E-state index in [-0.39, 0.29) is 10.5 Å². The lowest BCUT2D eigenvalue weighted by molar-refractivity contribution is 0.00578. The minimum atomic E-state index is -3.15. The highest BCUT2D eigenvalue weighted by atomic mass is 79.9. The van der Waals surface area contributed by atoms with Gasteiger partial charge in [0.1, 0.15) is 17.2 Å². The molecular formula is C39H48BBrN4O8S2. The van der Waals surface area contributed by atoms with Crippen molar-refractivity contribution in [3.8, 4) is 11.1 Å². The van der Waals surface area contributed by atoms with Gasteiger partial charge in [-0.1, -0.05) is 40.2 Å². The maximum Gasteiger partial charge on any atom is 0.496 e. The molecule has 2 saturated carbocycles. The van der Waals surface area contributed by atoms with E-state index in [2.05, 4.69) is 31.2 Å². The van der Waals surface area contributed by atoms with Crippen molar-refractivity contribution in [2.75, 3.05) is 11.1 Å². The molecule has 0 bridgehead atoms. The zero-order valence-corrected chi connectivity index (χ0v) is 35.3. The fourth-order valence-electron chi connectivity index (χ4n) is 5.22. The van der Waals surface area contributed by atoms with Crippen LogP contribution in [0.4, 0.5) is 16.4 Å². The number of hydrogen-bond donors (Lipinski definition) is 2. The van der Waals surface area contributed by atoms with Crippen molar-refractivity contribution in [3.63, 3.8) is 0 Å². The number of sulfone groups is 2. The Labute approximate surface area is 333 Å². The molecule has 2 aromatic carbocycles. The van der Waals surface area contributed by atoms with Gasteiger partial charge < -0.3 is 19.8 Å². The Hall–Kier alpha value is -3.83. The second-order valence-corrected chi connectivity index (χ2v) is 21.0. The van der Waals surface area contributed by atoms with Crippen LogP contribution in [0.15, 0.2) is 99.5 Å². The van der Waals surface area contributed by atoms with Crippen molar-refractivity contribution in [3.05, 3.63) is 89.7 Å². The number of aromatic nitrogens is 2. The number of hydrogen-bond acceptors (Lipinski definition) is 11. The largest absolute Gasteiger partial charge is 0.496 e. The number of carbonyl (C=O) groups is 1. The Morgan fingerprint density at radius 3 is 1.84 bits per heavy atom. The molecule has 1 amide bonds. The normalized spacial score (nSPS) is 17.6. The summed E-state index contributed by atoms with van der Waals surface area (Å²) in [4.78, 5) is 20.8. The van der Waals surface area contributed by atoms with Crippen molar-refractivity contribution in [1.82, 2.24) is 9.97 Å². The molecule has 1 aliphatic heterocycles. The molecule has 16 heteroatoms. The molecule has 0 radical (unpaired) electrons. The third-order valence-corrected chi connectivity index (χ3v) is 14.3. The van der Waals surface area contributed by atoms with Crippen molar-refractivity contribution < 1.29 is 35.7 Å². The van der Waals surface area contributed by atoms with E-state index in [1.807, 2.05) is 52.0 Å². The molecule has 0 unspecified atom stereocenters. The number of rotatable bonds is 7. The van der Waals surface area contributed by atoms with Gasteiger partial charge in [0, 0.05) is 27.9 Å². The number of pyridine rings is 2. The van der Waals surface area contributed by atoms with Crippen LogP contribution < -0.4 is 16.5 Å². The molecule has 2 aromatic heterocycles. The van der Waals surface area contributed by atoms with Crippen molar-refractivity contribution in [2.45, 2.75) is 111 Å². The summed E-state index contributed by atoms with van der Waals surface area (Å²) in [7, 11) is -6.64. The molecule has 7 rings (SSSR count). The first kappa shape index (κ1) is 42.3. The maximum atomic E-state index is 12.2. The topological polar surface area (TPSA) is 177 Å². The van der Waals surface area contributed by atoms with Gasteiger partial charge in [0.25, 0.3) is 0 Å². The molecule has 4 aromatic rings.